The van der Waals surface area contributed by atoms with E-state index in [1.165, 1.54) is 5.56 Å². The van der Waals surface area contributed by atoms with E-state index in [9.17, 15) is 4.79 Å². The van der Waals surface area contributed by atoms with Gasteiger partial charge in [0.1, 0.15) is 6.04 Å². The van der Waals surface area contributed by atoms with E-state index in [-0.39, 0.29) is 6.17 Å². The summed E-state index contributed by atoms with van der Waals surface area (Å²) in [7, 11) is 0. The first-order valence-corrected chi connectivity index (χ1v) is 5.48. The van der Waals surface area contributed by atoms with Crippen molar-refractivity contribution in [1.29, 1.82) is 0 Å². The van der Waals surface area contributed by atoms with E-state index in [0.717, 1.165) is 18.5 Å². The molecule has 16 heavy (non-hydrogen) atoms. The van der Waals surface area contributed by atoms with Crippen molar-refractivity contribution in [3.8, 4) is 0 Å². The highest BCUT2D eigenvalue weighted by Crippen LogP contribution is 2.20. The summed E-state index contributed by atoms with van der Waals surface area (Å²) in [6.45, 7) is 2.53. The lowest BCUT2D eigenvalue weighted by Crippen LogP contribution is -2.45. The van der Waals surface area contributed by atoms with Gasteiger partial charge in [-0.05, 0) is 24.5 Å². The maximum atomic E-state index is 10.8. The van der Waals surface area contributed by atoms with Crippen molar-refractivity contribution in [3.05, 3.63) is 35.4 Å². The molecule has 86 valence electrons. The van der Waals surface area contributed by atoms with Crippen LogP contribution >= 0.6 is 0 Å². The Morgan fingerprint density at radius 3 is 3.06 bits per heavy atom. The average molecular weight is 220 g/mol. The molecule has 1 aromatic carbocycles. The van der Waals surface area contributed by atoms with Crippen LogP contribution < -0.4 is 10.6 Å². The van der Waals surface area contributed by atoms with Gasteiger partial charge in [0.2, 0.25) is 0 Å². The molecule has 1 aromatic rings. The van der Waals surface area contributed by atoms with Crippen LogP contribution in [0.3, 0.4) is 0 Å². The number of aliphatic carboxylic acids is 1. The molecule has 4 nitrogen and oxygen atoms in total. The highest BCUT2D eigenvalue weighted by molar-refractivity contribution is 5.72. The minimum absolute atomic E-state index is 0.0592. The van der Waals surface area contributed by atoms with Gasteiger partial charge >= 0.3 is 5.97 Å². The standard InChI is InChI=1S/C12H16N2O2/c1-8(12(15)16)14-11-10-5-3-2-4-9(10)6-7-13-11/h2-5,8,11,13-14H,6-7H2,1H3,(H,15,16)/t8-,11?/m0/s1. The van der Waals surface area contributed by atoms with Crippen LogP contribution in [-0.4, -0.2) is 23.7 Å². The topological polar surface area (TPSA) is 61.4 Å². The molecule has 0 fully saturated rings. The van der Waals surface area contributed by atoms with Crippen LogP contribution in [-0.2, 0) is 11.2 Å². The van der Waals surface area contributed by atoms with Crippen LogP contribution in [0.25, 0.3) is 0 Å². The van der Waals surface area contributed by atoms with Crippen LogP contribution in [0.2, 0.25) is 0 Å². The van der Waals surface area contributed by atoms with E-state index >= 15 is 0 Å². The lowest BCUT2D eigenvalue weighted by Gasteiger charge is -2.29. The second-order valence-corrected chi connectivity index (χ2v) is 4.06. The number of rotatable bonds is 3. The number of nitrogens with one attached hydrogen (secondary N) is 2. The van der Waals surface area contributed by atoms with Crippen LogP contribution in [0.4, 0.5) is 0 Å². The Kier molecular flexibility index (Phi) is 3.22. The fraction of sp³-hybridized carbons (Fsp3) is 0.417. The molecule has 3 N–H and O–H groups in total. The van der Waals surface area contributed by atoms with Gasteiger partial charge in [0.15, 0.2) is 0 Å². The fourth-order valence-corrected chi connectivity index (χ4v) is 1.97. The van der Waals surface area contributed by atoms with Crippen LogP contribution in [0.1, 0.15) is 24.2 Å². The van der Waals surface area contributed by atoms with E-state index in [1.54, 1.807) is 6.92 Å². The largest absolute Gasteiger partial charge is 0.480 e. The minimum Gasteiger partial charge on any atom is -0.480 e. The van der Waals surface area contributed by atoms with Crippen molar-refractivity contribution in [2.75, 3.05) is 6.54 Å². The summed E-state index contributed by atoms with van der Waals surface area (Å²) in [4.78, 5) is 10.8. The van der Waals surface area contributed by atoms with Gasteiger partial charge in [-0.3, -0.25) is 15.4 Å². The zero-order chi connectivity index (χ0) is 11.5. The molecule has 1 heterocycles. The van der Waals surface area contributed by atoms with Crippen LogP contribution in [0.5, 0.6) is 0 Å². The molecule has 2 atom stereocenters. The van der Waals surface area contributed by atoms with E-state index in [2.05, 4.69) is 16.7 Å². The van der Waals surface area contributed by atoms with Gasteiger partial charge in [0.25, 0.3) is 0 Å². The minimum atomic E-state index is -0.829. The van der Waals surface area contributed by atoms with Gasteiger partial charge in [-0.2, -0.15) is 0 Å². The number of carboxylic acids is 1. The molecular formula is C12H16N2O2. The predicted octanol–water partition coefficient (Wildman–Crippen LogP) is 0.894. The van der Waals surface area contributed by atoms with Crippen molar-refractivity contribution in [1.82, 2.24) is 10.6 Å². The third-order valence-corrected chi connectivity index (χ3v) is 2.90. The normalized spacial score (nSPS) is 21.2. The molecule has 1 aliphatic rings. The first-order valence-electron chi connectivity index (χ1n) is 5.48. The summed E-state index contributed by atoms with van der Waals surface area (Å²) >= 11 is 0. The zero-order valence-corrected chi connectivity index (χ0v) is 9.23. The Hall–Kier alpha value is -1.39. The summed E-state index contributed by atoms with van der Waals surface area (Å²) < 4.78 is 0. The van der Waals surface area contributed by atoms with E-state index in [0.29, 0.717) is 0 Å². The third kappa shape index (κ3) is 2.23. The van der Waals surface area contributed by atoms with Crippen LogP contribution in [0, 0.1) is 0 Å². The van der Waals surface area contributed by atoms with Crippen molar-refractivity contribution in [2.45, 2.75) is 25.6 Å². The van der Waals surface area contributed by atoms with Crippen LogP contribution in [0.15, 0.2) is 24.3 Å². The summed E-state index contributed by atoms with van der Waals surface area (Å²) in [5, 5.41) is 15.2. The molecule has 0 aliphatic carbocycles. The number of hydrogen-bond donors (Lipinski definition) is 3. The summed E-state index contributed by atoms with van der Waals surface area (Å²) in [5.41, 5.74) is 2.44. The highest BCUT2D eigenvalue weighted by atomic mass is 16.4. The average Bonchev–Trinajstić information content (AvgIpc) is 2.29. The lowest BCUT2D eigenvalue weighted by atomic mass is 9.98. The number of hydrogen-bond acceptors (Lipinski definition) is 3. The number of carboxylic acid groups (broad SMARTS) is 1. The first kappa shape index (κ1) is 11.1. The molecule has 0 saturated heterocycles. The smallest absolute Gasteiger partial charge is 0.320 e. The SMILES string of the molecule is C[C@H](NC1NCCc2ccccc21)C(=O)O. The highest BCUT2D eigenvalue weighted by Gasteiger charge is 2.22. The molecule has 0 spiro atoms. The number of fused-ring (bicyclic) bond motifs is 1. The summed E-state index contributed by atoms with van der Waals surface area (Å²) in [6.07, 6.45) is 0.937. The molecule has 1 aliphatic heterocycles. The maximum absolute atomic E-state index is 10.8. The van der Waals surface area contributed by atoms with Crippen molar-refractivity contribution >= 4 is 5.97 Å². The molecular weight excluding hydrogens is 204 g/mol. The quantitative estimate of drug-likeness (QED) is 0.708. The Labute approximate surface area is 94.7 Å². The molecule has 0 aromatic heterocycles. The number of benzene rings is 1. The predicted molar refractivity (Wildman–Crippen MR) is 61.1 cm³/mol. The second-order valence-electron chi connectivity index (χ2n) is 4.06. The number of carbonyl (C=O) groups is 1. The Morgan fingerprint density at radius 2 is 2.31 bits per heavy atom. The lowest BCUT2D eigenvalue weighted by molar-refractivity contribution is -0.139. The van der Waals surface area contributed by atoms with Gasteiger partial charge in [-0.25, -0.2) is 0 Å². The molecule has 1 unspecified atom stereocenters. The van der Waals surface area contributed by atoms with Gasteiger partial charge in [0, 0.05) is 6.54 Å². The molecule has 0 bridgehead atoms. The molecule has 0 saturated carbocycles. The molecule has 0 amide bonds. The first-order chi connectivity index (χ1) is 7.68. The van der Waals surface area contributed by atoms with Gasteiger partial charge < -0.3 is 5.11 Å². The maximum Gasteiger partial charge on any atom is 0.320 e. The van der Waals surface area contributed by atoms with Crippen molar-refractivity contribution in [2.24, 2.45) is 0 Å². The van der Waals surface area contributed by atoms with Crippen molar-refractivity contribution < 1.29 is 9.90 Å². The van der Waals surface area contributed by atoms with E-state index < -0.39 is 12.0 Å². The van der Waals surface area contributed by atoms with Gasteiger partial charge in [-0.15, -0.1) is 0 Å². The molecule has 4 heteroatoms. The Bertz CT molecular complexity index is 392. The van der Waals surface area contributed by atoms with Gasteiger partial charge in [0.05, 0.1) is 6.17 Å². The fourth-order valence-electron chi connectivity index (χ4n) is 1.97. The van der Waals surface area contributed by atoms with E-state index in [1.807, 2.05) is 18.2 Å². The van der Waals surface area contributed by atoms with Crippen molar-refractivity contribution in [3.63, 3.8) is 0 Å². The Balaban J connectivity index is 2.16. The molecule has 2 rings (SSSR count). The summed E-state index contributed by atoms with van der Waals surface area (Å²) in [6, 6.07) is 7.57. The van der Waals surface area contributed by atoms with E-state index in [4.69, 9.17) is 5.11 Å². The van der Waals surface area contributed by atoms with Gasteiger partial charge in [-0.1, -0.05) is 24.3 Å². The third-order valence-electron chi connectivity index (χ3n) is 2.90. The zero-order valence-electron chi connectivity index (χ0n) is 9.23. The monoisotopic (exact) mass is 220 g/mol. The Morgan fingerprint density at radius 1 is 1.56 bits per heavy atom. The molecule has 0 radical (unpaired) electrons. The second kappa shape index (κ2) is 4.63. The summed E-state index contributed by atoms with van der Waals surface area (Å²) in [5.74, 6) is -0.829.